The normalized spacial score (nSPS) is 37.0. The van der Waals surface area contributed by atoms with E-state index in [1.165, 1.54) is 24.1 Å². The first kappa shape index (κ1) is 30.5. The zero-order valence-corrected chi connectivity index (χ0v) is 27.1. The number of thioether (sulfide) groups is 1. The van der Waals surface area contributed by atoms with E-state index in [1.807, 2.05) is 63.2 Å². The zero-order valence-electron chi connectivity index (χ0n) is 25.5. The molecule has 0 radical (unpaired) electrons. The Hall–Kier alpha value is -3.20. The Balaban J connectivity index is 1.27. The number of carbonyl (C=O) groups is 3. The lowest BCUT2D eigenvalue weighted by atomic mass is 9.45. The maximum absolute atomic E-state index is 14.7. The third-order valence-electron chi connectivity index (χ3n) is 11.5. The molecule has 3 saturated carbocycles. The van der Waals surface area contributed by atoms with E-state index >= 15 is 0 Å². The van der Waals surface area contributed by atoms with E-state index in [-0.39, 0.29) is 47.3 Å². The Morgan fingerprint density at radius 3 is 2.71 bits per heavy atom. The molecule has 4 aliphatic carbocycles. The minimum Gasteiger partial charge on any atom is -0.457 e. The van der Waals surface area contributed by atoms with Gasteiger partial charge in [0.15, 0.2) is 17.2 Å². The van der Waals surface area contributed by atoms with Gasteiger partial charge in [-0.2, -0.15) is 0 Å². The number of esters is 1. The Labute approximate surface area is 271 Å². The smallest absolute Gasteiger partial charge is 0.375 e. The number of benzene rings is 1. The maximum atomic E-state index is 14.7. The summed E-state index contributed by atoms with van der Waals surface area (Å²) in [4.78, 5) is 44.3. The number of allylic oxidation sites excluding steroid dienone is 4. The van der Waals surface area contributed by atoms with Crippen molar-refractivity contribution in [1.82, 2.24) is 4.98 Å². The van der Waals surface area contributed by atoms with E-state index < -0.39 is 33.4 Å². The summed E-state index contributed by atoms with van der Waals surface area (Å²) in [5, 5.41) is 13.8. The third-order valence-corrected chi connectivity index (χ3v) is 13.3. The van der Waals surface area contributed by atoms with Crippen molar-refractivity contribution < 1.29 is 28.6 Å². The average molecular weight is 646 g/mol. The third kappa shape index (κ3) is 4.28. The minimum atomic E-state index is -1.54. The number of hydrogen-bond donors (Lipinski definition) is 1. The lowest BCUT2D eigenvalue weighted by Crippen LogP contribution is -2.69. The molecule has 0 spiro atoms. The highest BCUT2D eigenvalue weighted by Gasteiger charge is 2.76. The van der Waals surface area contributed by atoms with E-state index in [0.717, 1.165) is 16.5 Å². The van der Waals surface area contributed by atoms with Crippen LogP contribution in [0.15, 0.2) is 88.0 Å². The predicted molar refractivity (Wildman–Crippen MR) is 172 cm³/mol. The Kier molecular flexibility index (Phi) is 7.23. The maximum Gasteiger partial charge on any atom is 0.375 e. The molecule has 3 fully saturated rings. The SMILES string of the molecule is C[C@@H]1CC2C3CCC4=CC(=O)C=CC4(C)[C@@]3(Cl)[C@@H](O)CC2(C)[C@@]1(OC(=O)c1ccco1)C(=O)CSc1ccc2ccccc2n1. The standard InChI is InChI=1S/C36H36ClNO6S/c1-21-17-26-25-12-11-23-18-24(39)14-15-33(23,2)35(25,37)29(40)19-34(26,3)36(21,44-32(42)28-9-6-16-43-28)30(41)20-45-31-13-10-22-7-4-5-8-27(22)38-31/h4-10,13-16,18,21,25-26,29,40H,11-12,17,19-20H2,1-3H3/t21-,25?,26?,29+,33?,34?,35+,36+/m1/s1. The van der Waals surface area contributed by atoms with Crippen molar-refractivity contribution >= 4 is 51.8 Å². The highest BCUT2D eigenvalue weighted by Crippen LogP contribution is 2.72. The van der Waals surface area contributed by atoms with Crippen molar-refractivity contribution in [3.05, 3.63) is 84.4 Å². The summed E-state index contributed by atoms with van der Waals surface area (Å²) in [6, 6.07) is 14.8. The number of pyridine rings is 1. The van der Waals surface area contributed by atoms with Crippen LogP contribution in [0.25, 0.3) is 10.9 Å². The molecule has 4 unspecified atom stereocenters. The molecule has 0 saturated heterocycles. The van der Waals surface area contributed by atoms with Gasteiger partial charge in [-0.3, -0.25) is 9.59 Å². The highest BCUT2D eigenvalue weighted by atomic mass is 35.5. The van der Waals surface area contributed by atoms with Gasteiger partial charge in [0.1, 0.15) is 0 Å². The molecule has 0 amide bonds. The van der Waals surface area contributed by atoms with Gasteiger partial charge < -0.3 is 14.3 Å². The van der Waals surface area contributed by atoms with Gasteiger partial charge in [-0.1, -0.05) is 68.4 Å². The van der Waals surface area contributed by atoms with Crippen molar-refractivity contribution in [2.24, 2.45) is 28.6 Å². The van der Waals surface area contributed by atoms with Crippen molar-refractivity contribution in [3.8, 4) is 0 Å². The average Bonchev–Trinajstić information content (AvgIpc) is 3.63. The molecule has 8 atom stereocenters. The van der Waals surface area contributed by atoms with Gasteiger partial charge in [0.2, 0.25) is 5.76 Å². The second kappa shape index (κ2) is 10.7. The van der Waals surface area contributed by atoms with Crippen LogP contribution in [-0.2, 0) is 14.3 Å². The van der Waals surface area contributed by atoms with Crippen molar-refractivity contribution in [2.75, 3.05) is 5.75 Å². The molecule has 9 heteroatoms. The Morgan fingerprint density at radius 2 is 1.93 bits per heavy atom. The van der Waals surface area contributed by atoms with E-state index in [1.54, 1.807) is 18.2 Å². The molecule has 3 aromatic rings. The van der Waals surface area contributed by atoms with Gasteiger partial charge in [0.05, 0.1) is 33.5 Å². The summed E-state index contributed by atoms with van der Waals surface area (Å²) < 4.78 is 11.8. The number of ether oxygens (including phenoxy) is 1. The molecule has 0 aliphatic heterocycles. The number of rotatable bonds is 6. The lowest BCUT2D eigenvalue weighted by Gasteiger charge is -2.64. The molecule has 1 aromatic carbocycles. The number of hydrogen-bond acceptors (Lipinski definition) is 8. The van der Waals surface area contributed by atoms with Crippen LogP contribution in [0.1, 0.15) is 57.0 Å². The second-order valence-electron chi connectivity index (χ2n) is 13.6. The van der Waals surface area contributed by atoms with Crippen molar-refractivity contribution in [2.45, 2.75) is 68.1 Å². The fourth-order valence-corrected chi connectivity index (χ4v) is 10.7. The molecule has 2 heterocycles. The zero-order chi connectivity index (χ0) is 31.8. The van der Waals surface area contributed by atoms with Gasteiger partial charge >= 0.3 is 5.97 Å². The van der Waals surface area contributed by atoms with Crippen LogP contribution in [0.5, 0.6) is 0 Å². The fraction of sp³-hybridized carbons (Fsp3) is 0.444. The summed E-state index contributed by atoms with van der Waals surface area (Å²) >= 11 is 8.96. The molecule has 7 nitrogen and oxygen atoms in total. The molecular formula is C36H36ClNO6S. The van der Waals surface area contributed by atoms with Crippen LogP contribution in [0.4, 0.5) is 0 Å². The lowest BCUT2D eigenvalue weighted by molar-refractivity contribution is -0.177. The minimum absolute atomic E-state index is 0.0188. The number of para-hydroxylation sites is 1. The van der Waals surface area contributed by atoms with Gasteiger partial charge in [0, 0.05) is 22.1 Å². The summed E-state index contributed by atoms with van der Waals surface area (Å²) in [6.07, 6.45) is 7.50. The monoisotopic (exact) mass is 645 g/mol. The molecule has 0 bridgehead atoms. The first-order valence-corrected chi connectivity index (χ1v) is 16.9. The second-order valence-corrected chi connectivity index (χ2v) is 15.2. The van der Waals surface area contributed by atoms with Crippen LogP contribution in [-0.4, -0.2) is 50.0 Å². The molecule has 1 N–H and O–H groups in total. The Morgan fingerprint density at radius 1 is 1.13 bits per heavy atom. The molecule has 45 heavy (non-hydrogen) atoms. The van der Waals surface area contributed by atoms with Gasteiger partial charge in [-0.05, 0) is 73.9 Å². The topological polar surface area (TPSA) is 107 Å². The van der Waals surface area contributed by atoms with Crippen LogP contribution < -0.4 is 0 Å². The van der Waals surface area contributed by atoms with E-state index in [4.69, 9.17) is 25.7 Å². The van der Waals surface area contributed by atoms with Crippen LogP contribution in [0.3, 0.4) is 0 Å². The van der Waals surface area contributed by atoms with E-state index in [0.29, 0.717) is 24.3 Å². The number of halogens is 1. The van der Waals surface area contributed by atoms with E-state index in [9.17, 15) is 19.5 Å². The quantitative estimate of drug-likeness (QED) is 0.174. The number of nitrogens with zero attached hydrogens (tertiary/aromatic N) is 1. The molecular weight excluding hydrogens is 610 g/mol. The number of furan rings is 1. The first-order valence-electron chi connectivity index (χ1n) is 15.5. The molecule has 234 valence electrons. The number of aliphatic hydroxyl groups is 1. The number of aliphatic hydroxyl groups excluding tert-OH is 1. The van der Waals surface area contributed by atoms with Crippen LogP contribution >= 0.6 is 23.4 Å². The van der Waals surface area contributed by atoms with Crippen LogP contribution in [0, 0.1) is 28.6 Å². The largest absolute Gasteiger partial charge is 0.457 e. The Bertz CT molecular complexity index is 1770. The summed E-state index contributed by atoms with van der Waals surface area (Å²) in [5.74, 6) is -1.63. The summed E-state index contributed by atoms with van der Waals surface area (Å²) in [7, 11) is 0. The molecule has 4 aliphatic rings. The fourth-order valence-electron chi connectivity index (χ4n) is 9.36. The van der Waals surface area contributed by atoms with Gasteiger partial charge in [-0.15, -0.1) is 11.6 Å². The predicted octanol–water partition coefficient (Wildman–Crippen LogP) is 6.97. The van der Waals surface area contributed by atoms with E-state index in [2.05, 4.69) is 0 Å². The first-order chi connectivity index (χ1) is 21.4. The summed E-state index contributed by atoms with van der Waals surface area (Å²) in [5.41, 5.74) is -1.42. The molecule has 7 rings (SSSR count). The summed E-state index contributed by atoms with van der Waals surface area (Å²) in [6.45, 7) is 5.96. The number of ketones is 2. The van der Waals surface area contributed by atoms with Crippen molar-refractivity contribution in [1.29, 1.82) is 0 Å². The van der Waals surface area contributed by atoms with Crippen molar-refractivity contribution in [3.63, 3.8) is 0 Å². The number of fused-ring (bicyclic) bond motifs is 6. The van der Waals surface area contributed by atoms with Gasteiger partial charge in [-0.25, -0.2) is 9.78 Å². The van der Waals surface area contributed by atoms with Crippen LogP contribution in [0.2, 0.25) is 0 Å². The van der Waals surface area contributed by atoms with Gasteiger partial charge in [0.25, 0.3) is 0 Å². The number of Topliss-reactive ketones (excluding diaryl/α,β-unsaturated/α-hetero) is 1. The number of aromatic nitrogens is 1. The molecule has 2 aromatic heterocycles. The number of alkyl halides is 1. The highest BCUT2D eigenvalue weighted by molar-refractivity contribution is 7.99. The number of carbonyl (C=O) groups excluding carboxylic acids is 3.